The third kappa shape index (κ3) is 2.98. The molecule has 1 aliphatic heterocycles. The van der Waals surface area contributed by atoms with E-state index in [4.69, 9.17) is 12.2 Å². The van der Waals surface area contributed by atoms with Crippen molar-refractivity contribution < 1.29 is 4.79 Å². The van der Waals surface area contributed by atoms with Crippen molar-refractivity contribution in [3.05, 3.63) is 44.2 Å². The standard InChI is InChI=1S/C17H18N4OS3/c1-2-12-11-6-9-25-13(11)5-7-20(12)15(22)10-21-16(18-19-17(21)23)14-4-3-8-24-14/h3-4,6,8-9,12H,2,5,7,10H2,1H3,(H,19,23). The van der Waals surface area contributed by atoms with E-state index >= 15 is 0 Å². The average Bonchev–Trinajstić information content (AvgIpc) is 3.35. The molecule has 1 atom stereocenters. The fraction of sp³-hybridized carbons (Fsp3) is 0.353. The number of hydrogen-bond acceptors (Lipinski definition) is 5. The average molecular weight is 391 g/mol. The molecule has 0 fully saturated rings. The Morgan fingerprint density at radius 2 is 2.28 bits per heavy atom. The number of rotatable bonds is 4. The summed E-state index contributed by atoms with van der Waals surface area (Å²) in [6, 6.07) is 6.28. The fourth-order valence-electron chi connectivity index (χ4n) is 3.42. The second-order valence-corrected chi connectivity index (χ2v) is 8.31. The molecule has 0 aliphatic carbocycles. The lowest BCUT2D eigenvalue weighted by Crippen LogP contribution is -2.41. The Morgan fingerprint density at radius 1 is 1.40 bits per heavy atom. The van der Waals surface area contributed by atoms with Gasteiger partial charge in [-0.05, 0) is 53.5 Å². The zero-order valence-electron chi connectivity index (χ0n) is 13.8. The summed E-state index contributed by atoms with van der Waals surface area (Å²) in [4.78, 5) is 17.5. The van der Waals surface area contributed by atoms with Crippen LogP contribution >= 0.6 is 34.9 Å². The number of amides is 1. The summed E-state index contributed by atoms with van der Waals surface area (Å²) < 4.78 is 2.29. The van der Waals surface area contributed by atoms with E-state index in [2.05, 4.69) is 28.6 Å². The van der Waals surface area contributed by atoms with Gasteiger partial charge in [-0.25, -0.2) is 0 Å². The van der Waals surface area contributed by atoms with Gasteiger partial charge in [0.25, 0.3) is 0 Å². The van der Waals surface area contributed by atoms with E-state index in [1.54, 1.807) is 27.2 Å². The number of nitrogens with one attached hydrogen (secondary N) is 1. The van der Waals surface area contributed by atoms with Crippen LogP contribution in [0.15, 0.2) is 29.0 Å². The summed E-state index contributed by atoms with van der Waals surface area (Å²) >= 11 is 8.74. The van der Waals surface area contributed by atoms with Crippen LogP contribution in [0.25, 0.3) is 10.7 Å². The van der Waals surface area contributed by atoms with Crippen molar-refractivity contribution in [2.75, 3.05) is 6.54 Å². The minimum atomic E-state index is 0.0963. The highest BCUT2D eigenvalue weighted by molar-refractivity contribution is 7.71. The number of thiophene rings is 2. The summed E-state index contributed by atoms with van der Waals surface area (Å²) in [7, 11) is 0. The molecule has 0 saturated heterocycles. The molecule has 0 bridgehead atoms. The van der Waals surface area contributed by atoms with Crippen molar-refractivity contribution in [2.45, 2.75) is 32.4 Å². The molecule has 4 rings (SSSR count). The second-order valence-electron chi connectivity index (χ2n) is 5.98. The highest BCUT2D eigenvalue weighted by atomic mass is 32.1. The van der Waals surface area contributed by atoms with Gasteiger partial charge in [-0.15, -0.1) is 22.7 Å². The lowest BCUT2D eigenvalue weighted by Gasteiger charge is -2.35. The Balaban J connectivity index is 1.61. The summed E-state index contributed by atoms with van der Waals surface area (Å²) in [5, 5.41) is 11.3. The van der Waals surface area contributed by atoms with Gasteiger partial charge >= 0.3 is 0 Å². The third-order valence-electron chi connectivity index (χ3n) is 4.60. The minimum Gasteiger partial charge on any atom is -0.334 e. The normalized spacial score (nSPS) is 16.8. The molecule has 8 heteroatoms. The van der Waals surface area contributed by atoms with Crippen molar-refractivity contribution in [3.8, 4) is 10.7 Å². The molecular weight excluding hydrogens is 372 g/mol. The van der Waals surface area contributed by atoms with Crippen molar-refractivity contribution in [1.82, 2.24) is 19.7 Å². The van der Waals surface area contributed by atoms with Gasteiger partial charge < -0.3 is 4.90 Å². The molecule has 130 valence electrons. The fourth-order valence-corrected chi connectivity index (χ4v) is 5.27. The van der Waals surface area contributed by atoms with Crippen LogP contribution in [-0.4, -0.2) is 32.1 Å². The molecule has 0 spiro atoms. The van der Waals surface area contributed by atoms with Crippen LogP contribution in [0.2, 0.25) is 0 Å². The molecule has 1 N–H and O–H groups in total. The van der Waals surface area contributed by atoms with Crippen molar-refractivity contribution in [2.24, 2.45) is 0 Å². The van der Waals surface area contributed by atoms with Gasteiger partial charge in [-0.2, -0.15) is 5.10 Å². The molecule has 25 heavy (non-hydrogen) atoms. The van der Waals surface area contributed by atoms with Crippen LogP contribution in [0.4, 0.5) is 0 Å². The number of hydrogen-bond donors (Lipinski definition) is 1. The minimum absolute atomic E-state index is 0.0963. The molecule has 5 nitrogen and oxygen atoms in total. The number of fused-ring (bicyclic) bond motifs is 1. The van der Waals surface area contributed by atoms with Crippen LogP contribution in [-0.2, 0) is 17.8 Å². The van der Waals surface area contributed by atoms with E-state index in [-0.39, 0.29) is 18.5 Å². The quantitative estimate of drug-likeness (QED) is 0.677. The molecule has 1 aliphatic rings. The van der Waals surface area contributed by atoms with Gasteiger partial charge in [0.2, 0.25) is 5.91 Å². The van der Waals surface area contributed by atoms with Crippen LogP contribution in [0.5, 0.6) is 0 Å². The number of H-pyrrole nitrogens is 1. The first-order valence-corrected chi connectivity index (χ1v) is 10.4. The van der Waals surface area contributed by atoms with Gasteiger partial charge in [0, 0.05) is 11.4 Å². The molecule has 3 aromatic heterocycles. The number of aromatic nitrogens is 3. The van der Waals surface area contributed by atoms with Gasteiger partial charge in [0.1, 0.15) is 6.54 Å². The maximum absolute atomic E-state index is 13.1. The van der Waals surface area contributed by atoms with Crippen LogP contribution in [0, 0.1) is 4.77 Å². The van der Waals surface area contributed by atoms with Crippen LogP contribution in [0.1, 0.15) is 29.8 Å². The summed E-state index contributed by atoms with van der Waals surface area (Å²) in [5.74, 6) is 0.827. The van der Waals surface area contributed by atoms with Crippen LogP contribution < -0.4 is 0 Å². The van der Waals surface area contributed by atoms with E-state index in [0.29, 0.717) is 4.77 Å². The van der Waals surface area contributed by atoms with Crippen molar-refractivity contribution >= 4 is 40.8 Å². The highest BCUT2D eigenvalue weighted by Gasteiger charge is 2.30. The zero-order valence-corrected chi connectivity index (χ0v) is 16.2. The molecule has 0 aromatic carbocycles. The predicted molar refractivity (Wildman–Crippen MR) is 103 cm³/mol. The van der Waals surface area contributed by atoms with Gasteiger partial charge in [-0.3, -0.25) is 14.5 Å². The topological polar surface area (TPSA) is 53.9 Å². The predicted octanol–water partition coefficient (Wildman–Crippen LogP) is 4.27. The monoisotopic (exact) mass is 390 g/mol. The first-order chi connectivity index (χ1) is 12.2. The first kappa shape index (κ1) is 16.7. The Hall–Kier alpha value is -1.77. The van der Waals surface area contributed by atoms with Gasteiger partial charge in [0.15, 0.2) is 10.6 Å². The molecule has 4 heterocycles. The summed E-state index contributed by atoms with van der Waals surface area (Å²) in [6.45, 7) is 3.13. The van der Waals surface area contributed by atoms with Crippen molar-refractivity contribution in [3.63, 3.8) is 0 Å². The van der Waals surface area contributed by atoms with Crippen molar-refractivity contribution in [1.29, 1.82) is 0 Å². The Kier molecular flexibility index (Phi) is 4.58. The van der Waals surface area contributed by atoms with E-state index in [9.17, 15) is 4.79 Å². The molecule has 0 radical (unpaired) electrons. The Bertz CT molecular complexity index is 937. The van der Waals surface area contributed by atoms with E-state index in [0.717, 1.165) is 30.1 Å². The molecule has 0 saturated carbocycles. The zero-order chi connectivity index (χ0) is 17.4. The first-order valence-electron chi connectivity index (χ1n) is 8.24. The van der Waals surface area contributed by atoms with E-state index < -0.39 is 0 Å². The summed E-state index contributed by atoms with van der Waals surface area (Å²) in [6.07, 6.45) is 1.86. The largest absolute Gasteiger partial charge is 0.334 e. The molecule has 1 amide bonds. The lowest BCUT2D eigenvalue weighted by molar-refractivity contribution is -0.134. The number of carbonyl (C=O) groups excluding carboxylic acids is 1. The van der Waals surface area contributed by atoms with E-state index in [1.807, 2.05) is 22.4 Å². The maximum Gasteiger partial charge on any atom is 0.243 e. The SMILES string of the molecule is CCC1c2ccsc2CCN1C(=O)Cn1c(-c2cccs2)n[nH]c1=S. The number of nitrogens with zero attached hydrogens (tertiary/aromatic N) is 3. The molecular formula is C17H18N4OS3. The lowest BCUT2D eigenvalue weighted by atomic mass is 9.98. The van der Waals surface area contributed by atoms with Crippen LogP contribution in [0.3, 0.4) is 0 Å². The van der Waals surface area contributed by atoms with Gasteiger partial charge in [0.05, 0.1) is 10.9 Å². The van der Waals surface area contributed by atoms with E-state index in [1.165, 1.54) is 10.4 Å². The smallest absolute Gasteiger partial charge is 0.243 e. The molecule has 3 aromatic rings. The highest BCUT2D eigenvalue weighted by Crippen LogP contribution is 2.35. The molecule has 1 unspecified atom stereocenters. The third-order valence-corrected chi connectivity index (χ3v) is 6.77. The Labute approximate surface area is 158 Å². The Morgan fingerprint density at radius 3 is 3.04 bits per heavy atom. The maximum atomic E-state index is 13.1. The number of aromatic amines is 1. The summed E-state index contributed by atoms with van der Waals surface area (Å²) in [5.41, 5.74) is 1.31. The second kappa shape index (κ2) is 6.86. The van der Waals surface area contributed by atoms with Gasteiger partial charge in [-0.1, -0.05) is 13.0 Å². The number of carbonyl (C=O) groups is 1.